The van der Waals surface area contributed by atoms with E-state index in [9.17, 15) is 0 Å². The fraction of sp³-hybridized carbons (Fsp3) is 0.947. The highest BCUT2D eigenvalue weighted by Gasteiger charge is 2.21. The number of nitrogens with one attached hydrogen (secondary N) is 1. The molecule has 0 aromatic carbocycles. The van der Waals surface area contributed by atoms with Crippen molar-refractivity contribution >= 4 is 5.96 Å². The molecular weight excluding hydrogens is 332 g/mol. The van der Waals surface area contributed by atoms with E-state index in [1.807, 2.05) is 0 Å². The molecule has 0 spiro atoms. The zero-order valence-electron chi connectivity index (χ0n) is 17.3. The molecule has 0 unspecified atom stereocenters. The van der Waals surface area contributed by atoms with Gasteiger partial charge in [0.15, 0.2) is 5.96 Å². The Labute approximate surface area is 160 Å². The van der Waals surface area contributed by atoms with Crippen molar-refractivity contribution in [3.63, 3.8) is 0 Å². The van der Waals surface area contributed by atoms with Gasteiger partial charge in [0.25, 0.3) is 0 Å². The van der Waals surface area contributed by atoms with E-state index in [1.165, 1.54) is 0 Å². The summed E-state index contributed by atoms with van der Waals surface area (Å²) >= 11 is 0. The van der Waals surface area contributed by atoms with Gasteiger partial charge < -0.3 is 29.3 Å². The Morgan fingerprint density at radius 1 is 1.08 bits per heavy atom. The van der Waals surface area contributed by atoms with Crippen LogP contribution in [0, 0.1) is 0 Å². The summed E-state index contributed by atoms with van der Waals surface area (Å²) in [4.78, 5) is 9.48. The molecule has 1 aliphatic rings. The van der Waals surface area contributed by atoms with Gasteiger partial charge in [-0.25, -0.2) is 0 Å². The van der Waals surface area contributed by atoms with Crippen molar-refractivity contribution in [2.75, 3.05) is 80.4 Å². The molecule has 0 saturated carbocycles. The monoisotopic (exact) mass is 372 g/mol. The second kappa shape index (κ2) is 15.2. The molecule has 0 radical (unpaired) electrons. The fourth-order valence-electron chi connectivity index (χ4n) is 3.00. The third-order valence-corrected chi connectivity index (χ3v) is 4.56. The Balaban J connectivity index is 2.28. The average molecular weight is 373 g/mol. The van der Waals surface area contributed by atoms with E-state index in [2.05, 4.69) is 29.1 Å². The highest BCUT2D eigenvalue weighted by Crippen LogP contribution is 2.14. The number of hydrogen-bond acceptors (Lipinski definition) is 5. The maximum Gasteiger partial charge on any atom is 0.193 e. The van der Waals surface area contributed by atoms with Gasteiger partial charge in [0, 0.05) is 60.2 Å². The number of likely N-dealkylation sites (N-methyl/N-ethyl adjacent to an activating group) is 1. The Kier molecular flexibility index (Phi) is 13.5. The number of aliphatic imine (C=N–C) groups is 1. The van der Waals surface area contributed by atoms with Gasteiger partial charge in [0.1, 0.15) is 0 Å². The van der Waals surface area contributed by atoms with Crippen LogP contribution in [0.1, 0.15) is 32.6 Å². The van der Waals surface area contributed by atoms with Crippen molar-refractivity contribution in [3.8, 4) is 0 Å². The van der Waals surface area contributed by atoms with Crippen LogP contribution in [0.15, 0.2) is 4.99 Å². The lowest BCUT2D eigenvalue weighted by Gasteiger charge is -2.34. The average Bonchev–Trinajstić information content (AvgIpc) is 2.66. The van der Waals surface area contributed by atoms with Gasteiger partial charge >= 0.3 is 0 Å². The summed E-state index contributed by atoms with van der Waals surface area (Å²) in [6.07, 6.45) is 4.54. The molecule has 1 rings (SSSR count). The summed E-state index contributed by atoms with van der Waals surface area (Å²) in [5, 5.41) is 3.43. The highest BCUT2D eigenvalue weighted by atomic mass is 16.5. The van der Waals surface area contributed by atoms with Crippen molar-refractivity contribution in [1.29, 1.82) is 0 Å². The van der Waals surface area contributed by atoms with Gasteiger partial charge in [-0.3, -0.25) is 4.99 Å². The minimum absolute atomic E-state index is 0.375. The Morgan fingerprint density at radius 3 is 2.46 bits per heavy atom. The van der Waals surface area contributed by atoms with E-state index >= 15 is 0 Å². The quantitative estimate of drug-likeness (QED) is 0.300. The topological polar surface area (TPSA) is 58.6 Å². The summed E-state index contributed by atoms with van der Waals surface area (Å²) in [7, 11) is 5.61. The summed E-state index contributed by atoms with van der Waals surface area (Å²) < 4.78 is 16.1. The molecule has 26 heavy (non-hydrogen) atoms. The smallest absolute Gasteiger partial charge is 0.193 e. The molecule has 0 bridgehead atoms. The number of nitrogens with zero attached hydrogens (tertiary/aromatic N) is 3. The summed E-state index contributed by atoms with van der Waals surface area (Å²) in [5.74, 6) is 1.05. The molecule has 0 amide bonds. The van der Waals surface area contributed by atoms with Crippen molar-refractivity contribution in [2.45, 2.75) is 38.7 Å². The van der Waals surface area contributed by atoms with Crippen molar-refractivity contribution in [1.82, 2.24) is 15.1 Å². The second-order valence-electron chi connectivity index (χ2n) is 6.79. The van der Waals surface area contributed by atoms with E-state index in [4.69, 9.17) is 19.2 Å². The first-order valence-corrected chi connectivity index (χ1v) is 10.0. The van der Waals surface area contributed by atoms with Crippen LogP contribution in [0.3, 0.4) is 0 Å². The van der Waals surface area contributed by atoms with Crippen molar-refractivity contribution in [2.24, 2.45) is 4.99 Å². The molecule has 0 aromatic rings. The van der Waals surface area contributed by atoms with E-state index < -0.39 is 0 Å². The van der Waals surface area contributed by atoms with E-state index in [0.29, 0.717) is 6.10 Å². The molecule has 1 saturated heterocycles. The third-order valence-electron chi connectivity index (χ3n) is 4.56. The SMILES string of the molecule is CCNC(=NCCCN(C)CCOC)N1CCC(OCCCOC)CC1. The van der Waals surface area contributed by atoms with Gasteiger partial charge in [-0.1, -0.05) is 0 Å². The predicted octanol–water partition coefficient (Wildman–Crippen LogP) is 1.44. The van der Waals surface area contributed by atoms with E-state index in [1.54, 1.807) is 14.2 Å². The maximum atomic E-state index is 5.95. The molecule has 0 aromatic heterocycles. The summed E-state index contributed by atoms with van der Waals surface area (Å²) in [5.41, 5.74) is 0. The number of likely N-dealkylation sites (tertiary alicyclic amines) is 1. The van der Waals surface area contributed by atoms with Gasteiger partial charge in [-0.05, 0) is 46.2 Å². The lowest BCUT2D eigenvalue weighted by Crippen LogP contribution is -2.47. The first-order valence-electron chi connectivity index (χ1n) is 10.0. The summed E-state index contributed by atoms with van der Waals surface area (Å²) in [6, 6.07) is 0. The lowest BCUT2D eigenvalue weighted by molar-refractivity contribution is 0.00990. The largest absolute Gasteiger partial charge is 0.385 e. The summed E-state index contributed by atoms with van der Waals surface area (Å²) in [6.45, 7) is 10.3. The lowest BCUT2D eigenvalue weighted by atomic mass is 10.1. The van der Waals surface area contributed by atoms with Gasteiger partial charge in [0.2, 0.25) is 0 Å². The van der Waals surface area contributed by atoms with Crippen LogP contribution in [-0.4, -0.2) is 102 Å². The van der Waals surface area contributed by atoms with Gasteiger partial charge in [-0.15, -0.1) is 0 Å². The Hall–Kier alpha value is -0.890. The standard InChI is InChI=1S/C19H40N4O3/c1-5-20-19(21-10-6-11-22(2)14-17-25-4)23-12-8-18(9-13-23)26-16-7-15-24-3/h18H,5-17H2,1-4H3,(H,20,21). The Morgan fingerprint density at radius 2 is 1.81 bits per heavy atom. The molecule has 1 N–H and O–H groups in total. The number of rotatable bonds is 13. The molecule has 154 valence electrons. The second-order valence-corrected chi connectivity index (χ2v) is 6.79. The predicted molar refractivity (Wildman–Crippen MR) is 107 cm³/mol. The maximum absolute atomic E-state index is 5.95. The minimum atomic E-state index is 0.375. The first-order chi connectivity index (χ1) is 12.7. The molecule has 7 heteroatoms. The zero-order chi connectivity index (χ0) is 19.0. The van der Waals surface area contributed by atoms with Gasteiger partial charge in [-0.2, -0.15) is 0 Å². The van der Waals surface area contributed by atoms with Gasteiger partial charge in [0.05, 0.1) is 12.7 Å². The highest BCUT2D eigenvalue weighted by molar-refractivity contribution is 5.80. The van der Waals surface area contributed by atoms with Crippen LogP contribution >= 0.6 is 0 Å². The molecular formula is C19H40N4O3. The first kappa shape index (κ1) is 23.1. The molecule has 0 atom stereocenters. The number of hydrogen-bond donors (Lipinski definition) is 1. The van der Waals surface area contributed by atoms with E-state index in [-0.39, 0.29) is 0 Å². The number of guanidine groups is 1. The zero-order valence-corrected chi connectivity index (χ0v) is 17.3. The number of piperidine rings is 1. The molecule has 1 aliphatic heterocycles. The molecule has 7 nitrogen and oxygen atoms in total. The van der Waals surface area contributed by atoms with Crippen LogP contribution in [0.5, 0.6) is 0 Å². The van der Waals surface area contributed by atoms with Crippen molar-refractivity contribution in [3.05, 3.63) is 0 Å². The van der Waals surface area contributed by atoms with Crippen LogP contribution in [0.25, 0.3) is 0 Å². The molecule has 1 fully saturated rings. The van der Waals surface area contributed by atoms with Crippen LogP contribution < -0.4 is 5.32 Å². The molecule has 1 heterocycles. The van der Waals surface area contributed by atoms with E-state index in [0.717, 1.165) is 90.7 Å². The van der Waals surface area contributed by atoms with Crippen LogP contribution in [0.4, 0.5) is 0 Å². The van der Waals surface area contributed by atoms with Crippen LogP contribution in [-0.2, 0) is 14.2 Å². The van der Waals surface area contributed by atoms with Crippen molar-refractivity contribution < 1.29 is 14.2 Å². The molecule has 0 aliphatic carbocycles. The normalized spacial score (nSPS) is 16.5. The number of ether oxygens (including phenoxy) is 3. The third kappa shape index (κ3) is 10.3. The van der Waals surface area contributed by atoms with Crippen LogP contribution in [0.2, 0.25) is 0 Å². The minimum Gasteiger partial charge on any atom is -0.385 e. The Bertz CT molecular complexity index is 361. The number of methoxy groups -OCH3 is 2. The fourth-order valence-corrected chi connectivity index (χ4v) is 3.00.